The lowest BCUT2D eigenvalue weighted by molar-refractivity contribution is 0.482. The Hall–Kier alpha value is -1.76. The highest BCUT2D eigenvalue weighted by Crippen LogP contribution is 2.22. The molecule has 0 heterocycles. The van der Waals surface area contributed by atoms with Crippen LogP contribution in [0.25, 0.3) is 0 Å². The van der Waals surface area contributed by atoms with Gasteiger partial charge in [-0.05, 0) is 36.2 Å². The largest absolute Gasteiger partial charge is 0.457 e. The minimum absolute atomic E-state index is 0.885. The van der Waals surface area contributed by atoms with Crippen LogP contribution in [0.1, 0.15) is 32.8 Å². The highest BCUT2D eigenvalue weighted by Gasteiger charge is 1.97. The third-order valence-electron chi connectivity index (χ3n) is 2.42. The molecule has 0 saturated heterocycles. The van der Waals surface area contributed by atoms with Crippen molar-refractivity contribution in [3.05, 3.63) is 60.2 Å². The Kier molecular flexibility index (Phi) is 6.63. The molecule has 2 aromatic carbocycles. The third-order valence-corrected chi connectivity index (χ3v) is 2.42. The predicted molar refractivity (Wildman–Crippen MR) is 78.3 cm³/mol. The minimum atomic E-state index is 0.885. The van der Waals surface area contributed by atoms with Crippen LogP contribution in [-0.4, -0.2) is 0 Å². The van der Waals surface area contributed by atoms with Crippen molar-refractivity contribution < 1.29 is 4.74 Å². The van der Waals surface area contributed by atoms with E-state index in [0.717, 1.165) is 24.3 Å². The second-order valence-electron chi connectivity index (χ2n) is 3.81. The summed E-state index contributed by atoms with van der Waals surface area (Å²) in [7, 11) is 0. The Morgan fingerprint density at radius 2 is 1.50 bits per heavy atom. The molecule has 0 aliphatic rings. The lowest BCUT2D eigenvalue weighted by atomic mass is 10.1. The van der Waals surface area contributed by atoms with E-state index in [1.165, 1.54) is 5.56 Å². The molecule has 0 radical (unpaired) electrons. The van der Waals surface area contributed by atoms with Crippen molar-refractivity contribution in [1.29, 1.82) is 0 Å². The summed E-state index contributed by atoms with van der Waals surface area (Å²) in [6.45, 7) is 6.19. The molecule has 0 N–H and O–H groups in total. The lowest BCUT2D eigenvalue weighted by Gasteiger charge is -2.06. The predicted octanol–water partition coefficient (Wildman–Crippen LogP) is 5.46. The molecule has 0 fully saturated rings. The molecule has 0 bridgehead atoms. The summed E-state index contributed by atoms with van der Waals surface area (Å²) in [4.78, 5) is 0. The summed E-state index contributed by atoms with van der Waals surface area (Å²) in [6.07, 6.45) is 2.26. The van der Waals surface area contributed by atoms with E-state index in [1.807, 2.05) is 56.3 Å². The summed E-state index contributed by atoms with van der Waals surface area (Å²) >= 11 is 0. The van der Waals surface area contributed by atoms with E-state index in [-0.39, 0.29) is 0 Å². The summed E-state index contributed by atoms with van der Waals surface area (Å²) < 4.78 is 5.77. The molecule has 96 valence electrons. The average Bonchev–Trinajstić information content (AvgIpc) is 2.43. The Labute approximate surface area is 110 Å². The van der Waals surface area contributed by atoms with E-state index < -0.39 is 0 Å². The molecule has 0 saturated carbocycles. The van der Waals surface area contributed by atoms with Gasteiger partial charge in [0.15, 0.2) is 0 Å². The fourth-order valence-corrected chi connectivity index (χ4v) is 1.68. The molecule has 0 spiro atoms. The number of benzene rings is 2. The van der Waals surface area contributed by atoms with Gasteiger partial charge in [0.05, 0.1) is 0 Å². The molecule has 1 heteroatoms. The van der Waals surface area contributed by atoms with Crippen molar-refractivity contribution in [3.8, 4) is 11.5 Å². The Morgan fingerprint density at radius 3 is 2.17 bits per heavy atom. The van der Waals surface area contributed by atoms with E-state index in [1.54, 1.807) is 0 Å². The van der Waals surface area contributed by atoms with E-state index in [9.17, 15) is 0 Å². The number of para-hydroxylation sites is 1. The first-order chi connectivity index (χ1) is 8.88. The van der Waals surface area contributed by atoms with Crippen LogP contribution in [0.15, 0.2) is 54.6 Å². The molecule has 0 aliphatic heterocycles. The first-order valence-corrected chi connectivity index (χ1v) is 6.70. The van der Waals surface area contributed by atoms with Crippen LogP contribution in [0, 0.1) is 0 Å². The highest BCUT2D eigenvalue weighted by atomic mass is 16.5. The maximum atomic E-state index is 5.77. The zero-order valence-electron chi connectivity index (χ0n) is 11.5. The molecule has 2 aromatic rings. The van der Waals surface area contributed by atoms with E-state index >= 15 is 0 Å². The van der Waals surface area contributed by atoms with Crippen LogP contribution in [-0.2, 0) is 6.42 Å². The quantitative estimate of drug-likeness (QED) is 0.692. The van der Waals surface area contributed by atoms with E-state index in [4.69, 9.17) is 4.74 Å². The SMILES string of the molecule is CC.CCCc1cccc(Oc2ccccc2)c1. The van der Waals surface area contributed by atoms with Crippen molar-refractivity contribution >= 4 is 0 Å². The highest BCUT2D eigenvalue weighted by molar-refractivity contribution is 5.33. The molecular weight excluding hydrogens is 220 g/mol. The molecule has 0 aliphatic carbocycles. The molecule has 18 heavy (non-hydrogen) atoms. The lowest BCUT2D eigenvalue weighted by Crippen LogP contribution is -1.87. The van der Waals surface area contributed by atoms with E-state index in [2.05, 4.69) is 19.1 Å². The zero-order chi connectivity index (χ0) is 13.2. The average molecular weight is 242 g/mol. The Balaban J connectivity index is 0.000000771. The summed E-state index contributed by atoms with van der Waals surface area (Å²) in [5.41, 5.74) is 1.33. The van der Waals surface area contributed by atoms with Gasteiger partial charge >= 0.3 is 0 Å². The van der Waals surface area contributed by atoms with Gasteiger partial charge in [0, 0.05) is 0 Å². The zero-order valence-corrected chi connectivity index (χ0v) is 11.5. The van der Waals surface area contributed by atoms with Crippen LogP contribution >= 0.6 is 0 Å². The molecular formula is C17H22O. The maximum Gasteiger partial charge on any atom is 0.127 e. The Bertz CT molecular complexity index is 434. The van der Waals surface area contributed by atoms with Gasteiger partial charge in [-0.2, -0.15) is 0 Å². The smallest absolute Gasteiger partial charge is 0.127 e. The van der Waals surface area contributed by atoms with Crippen molar-refractivity contribution in [2.24, 2.45) is 0 Å². The van der Waals surface area contributed by atoms with Crippen LogP contribution in [0.2, 0.25) is 0 Å². The first kappa shape index (κ1) is 14.3. The van der Waals surface area contributed by atoms with Gasteiger partial charge in [-0.15, -0.1) is 0 Å². The van der Waals surface area contributed by atoms with Crippen LogP contribution < -0.4 is 4.74 Å². The number of hydrogen-bond acceptors (Lipinski definition) is 1. The van der Waals surface area contributed by atoms with Gasteiger partial charge in [0.25, 0.3) is 0 Å². The monoisotopic (exact) mass is 242 g/mol. The number of hydrogen-bond donors (Lipinski definition) is 0. The van der Waals surface area contributed by atoms with Gasteiger partial charge in [-0.25, -0.2) is 0 Å². The standard InChI is InChI=1S/C15H16O.C2H6/c1-2-7-13-8-6-11-15(12-13)16-14-9-4-3-5-10-14;1-2/h3-6,8-12H,2,7H2,1H3;1-2H3. The second-order valence-corrected chi connectivity index (χ2v) is 3.81. The molecule has 0 amide bonds. The van der Waals surface area contributed by atoms with E-state index in [0.29, 0.717) is 0 Å². The van der Waals surface area contributed by atoms with Crippen LogP contribution in [0.3, 0.4) is 0 Å². The van der Waals surface area contributed by atoms with Crippen molar-refractivity contribution in [2.75, 3.05) is 0 Å². The van der Waals surface area contributed by atoms with Gasteiger partial charge in [-0.1, -0.05) is 57.5 Å². The Morgan fingerprint density at radius 1 is 0.833 bits per heavy atom. The summed E-state index contributed by atoms with van der Waals surface area (Å²) in [5.74, 6) is 1.80. The maximum absolute atomic E-state index is 5.77. The molecule has 0 atom stereocenters. The van der Waals surface area contributed by atoms with Gasteiger partial charge in [-0.3, -0.25) is 0 Å². The van der Waals surface area contributed by atoms with Crippen LogP contribution in [0.4, 0.5) is 0 Å². The fourth-order valence-electron chi connectivity index (χ4n) is 1.68. The molecule has 1 nitrogen and oxygen atoms in total. The number of aryl methyl sites for hydroxylation is 1. The van der Waals surface area contributed by atoms with Crippen molar-refractivity contribution in [2.45, 2.75) is 33.6 Å². The normalized spacial score (nSPS) is 9.28. The minimum Gasteiger partial charge on any atom is -0.457 e. The van der Waals surface area contributed by atoms with Crippen molar-refractivity contribution in [3.63, 3.8) is 0 Å². The second kappa shape index (κ2) is 8.35. The fraction of sp³-hybridized carbons (Fsp3) is 0.294. The number of ether oxygens (including phenoxy) is 1. The van der Waals surface area contributed by atoms with Crippen molar-refractivity contribution in [1.82, 2.24) is 0 Å². The molecule has 2 rings (SSSR count). The first-order valence-electron chi connectivity index (χ1n) is 6.70. The van der Waals surface area contributed by atoms with Gasteiger partial charge in [0.1, 0.15) is 11.5 Å². The summed E-state index contributed by atoms with van der Waals surface area (Å²) in [6, 6.07) is 18.2. The number of rotatable bonds is 4. The molecule has 0 aromatic heterocycles. The summed E-state index contributed by atoms with van der Waals surface area (Å²) in [5, 5.41) is 0. The third kappa shape index (κ3) is 4.62. The van der Waals surface area contributed by atoms with Gasteiger partial charge < -0.3 is 4.74 Å². The topological polar surface area (TPSA) is 9.23 Å². The molecule has 0 unspecified atom stereocenters. The van der Waals surface area contributed by atoms with Gasteiger partial charge in [0.2, 0.25) is 0 Å². The van der Waals surface area contributed by atoms with Crippen LogP contribution in [0.5, 0.6) is 11.5 Å².